The Morgan fingerprint density at radius 1 is 1.37 bits per heavy atom. The number of piperidine rings is 1. The van der Waals surface area contributed by atoms with Crippen molar-refractivity contribution < 1.29 is 4.79 Å². The van der Waals surface area contributed by atoms with Gasteiger partial charge in [0.15, 0.2) is 0 Å². The van der Waals surface area contributed by atoms with Crippen molar-refractivity contribution in [2.75, 3.05) is 13.1 Å². The smallest absolute Gasteiger partial charge is 0.235 e. The second kappa shape index (κ2) is 6.47. The average Bonchev–Trinajstić information content (AvgIpc) is 2.40. The van der Waals surface area contributed by atoms with E-state index in [1.165, 1.54) is 16.9 Å². The molecular formula is C16H23NOS. The van der Waals surface area contributed by atoms with E-state index in [4.69, 9.17) is 0 Å². The zero-order valence-corrected chi connectivity index (χ0v) is 12.9. The molecule has 0 aromatic heterocycles. The third-order valence-corrected chi connectivity index (χ3v) is 4.75. The molecule has 1 amide bonds. The molecule has 104 valence electrons. The van der Waals surface area contributed by atoms with Gasteiger partial charge in [0.1, 0.15) is 0 Å². The second-order valence-electron chi connectivity index (χ2n) is 5.60. The summed E-state index contributed by atoms with van der Waals surface area (Å²) in [5, 5.41) is 0.00741. The molecular weight excluding hydrogens is 254 g/mol. The maximum absolute atomic E-state index is 12.4. The molecule has 1 aliphatic rings. The van der Waals surface area contributed by atoms with Crippen LogP contribution in [0.15, 0.2) is 29.2 Å². The molecule has 1 aliphatic heterocycles. The number of nitrogens with zero attached hydrogens (tertiary/aromatic N) is 1. The van der Waals surface area contributed by atoms with Crippen molar-refractivity contribution in [3.63, 3.8) is 0 Å². The number of amides is 1. The summed E-state index contributed by atoms with van der Waals surface area (Å²) in [5.41, 5.74) is 1.26. The van der Waals surface area contributed by atoms with Crippen LogP contribution in [-0.4, -0.2) is 29.1 Å². The van der Waals surface area contributed by atoms with Gasteiger partial charge < -0.3 is 4.90 Å². The minimum Gasteiger partial charge on any atom is -0.341 e. The Bertz CT molecular complexity index is 429. The number of carbonyl (C=O) groups is 1. The number of likely N-dealkylation sites (tertiary alicyclic amines) is 1. The predicted octanol–water partition coefficient (Wildman–Crippen LogP) is 3.73. The summed E-state index contributed by atoms with van der Waals surface area (Å²) in [5.74, 6) is 0.936. The van der Waals surface area contributed by atoms with Crippen LogP contribution in [0.4, 0.5) is 0 Å². The molecule has 0 saturated carbocycles. The van der Waals surface area contributed by atoms with E-state index in [1.807, 2.05) is 11.8 Å². The molecule has 2 atom stereocenters. The first kappa shape index (κ1) is 14.4. The molecule has 1 heterocycles. The van der Waals surface area contributed by atoms with E-state index in [-0.39, 0.29) is 11.2 Å². The molecule has 1 fully saturated rings. The van der Waals surface area contributed by atoms with Crippen LogP contribution in [0.25, 0.3) is 0 Å². The van der Waals surface area contributed by atoms with Gasteiger partial charge in [0.2, 0.25) is 5.91 Å². The van der Waals surface area contributed by atoms with Crippen molar-refractivity contribution in [1.82, 2.24) is 4.90 Å². The fraction of sp³-hybridized carbons (Fsp3) is 0.562. The summed E-state index contributed by atoms with van der Waals surface area (Å²) in [6.07, 6.45) is 2.40. The van der Waals surface area contributed by atoms with Gasteiger partial charge in [-0.2, -0.15) is 0 Å². The van der Waals surface area contributed by atoms with E-state index in [9.17, 15) is 4.79 Å². The van der Waals surface area contributed by atoms with Crippen molar-refractivity contribution in [3.05, 3.63) is 29.8 Å². The zero-order valence-electron chi connectivity index (χ0n) is 12.1. The first-order valence-electron chi connectivity index (χ1n) is 7.08. The third kappa shape index (κ3) is 4.00. The van der Waals surface area contributed by atoms with E-state index in [0.717, 1.165) is 19.5 Å². The summed E-state index contributed by atoms with van der Waals surface area (Å²) in [6.45, 7) is 8.20. The largest absolute Gasteiger partial charge is 0.341 e. The van der Waals surface area contributed by atoms with Gasteiger partial charge in [0.05, 0.1) is 5.25 Å². The first-order chi connectivity index (χ1) is 9.06. The van der Waals surface area contributed by atoms with E-state index in [2.05, 4.69) is 38.1 Å². The topological polar surface area (TPSA) is 20.3 Å². The van der Waals surface area contributed by atoms with Gasteiger partial charge >= 0.3 is 0 Å². The normalized spacial score (nSPS) is 21.2. The van der Waals surface area contributed by atoms with Crippen LogP contribution in [0.2, 0.25) is 0 Å². The summed E-state index contributed by atoms with van der Waals surface area (Å²) in [4.78, 5) is 15.6. The number of aryl methyl sites for hydroxylation is 1. The van der Waals surface area contributed by atoms with Crippen LogP contribution < -0.4 is 0 Å². The molecule has 1 aromatic rings. The lowest BCUT2D eigenvalue weighted by molar-refractivity contribution is -0.131. The quantitative estimate of drug-likeness (QED) is 0.785. The highest BCUT2D eigenvalue weighted by atomic mass is 32.2. The lowest BCUT2D eigenvalue weighted by Crippen LogP contribution is -2.42. The lowest BCUT2D eigenvalue weighted by atomic mass is 10.0. The molecule has 1 saturated heterocycles. The van der Waals surface area contributed by atoms with E-state index >= 15 is 0 Å². The first-order valence-corrected chi connectivity index (χ1v) is 7.96. The molecule has 2 rings (SSSR count). The highest BCUT2D eigenvalue weighted by Crippen LogP contribution is 2.26. The Labute approximate surface area is 120 Å². The van der Waals surface area contributed by atoms with Crippen molar-refractivity contribution in [2.45, 2.75) is 43.8 Å². The molecule has 0 N–H and O–H groups in total. The maximum atomic E-state index is 12.4. The van der Waals surface area contributed by atoms with Crippen LogP contribution >= 0.6 is 11.8 Å². The number of thioether (sulfide) groups is 1. The number of hydrogen-bond donors (Lipinski definition) is 0. The summed E-state index contributed by atoms with van der Waals surface area (Å²) in [7, 11) is 0. The van der Waals surface area contributed by atoms with Crippen LogP contribution in [0.1, 0.15) is 32.3 Å². The number of benzene rings is 1. The maximum Gasteiger partial charge on any atom is 0.235 e. The monoisotopic (exact) mass is 277 g/mol. The predicted molar refractivity (Wildman–Crippen MR) is 81.5 cm³/mol. The van der Waals surface area contributed by atoms with Gasteiger partial charge in [-0.15, -0.1) is 11.8 Å². The minimum atomic E-state index is 0.00741. The SMILES string of the molecule is Cc1ccc(SC(C)C(=O)N2CCCC(C)C2)cc1. The summed E-state index contributed by atoms with van der Waals surface area (Å²) in [6, 6.07) is 8.40. The van der Waals surface area contributed by atoms with Crippen LogP contribution in [0.3, 0.4) is 0 Å². The molecule has 2 nitrogen and oxygen atoms in total. The summed E-state index contributed by atoms with van der Waals surface area (Å²) >= 11 is 1.66. The van der Waals surface area contributed by atoms with E-state index < -0.39 is 0 Å². The fourth-order valence-corrected chi connectivity index (χ4v) is 3.47. The Hall–Kier alpha value is -0.960. The van der Waals surface area contributed by atoms with E-state index in [0.29, 0.717) is 5.92 Å². The van der Waals surface area contributed by atoms with Gasteiger partial charge in [0.25, 0.3) is 0 Å². The van der Waals surface area contributed by atoms with Crippen molar-refractivity contribution >= 4 is 17.7 Å². The second-order valence-corrected chi connectivity index (χ2v) is 7.02. The molecule has 0 bridgehead atoms. The van der Waals surface area contributed by atoms with Crippen LogP contribution in [0.5, 0.6) is 0 Å². The molecule has 2 unspecified atom stereocenters. The minimum absolute atomic E-state index is 0.00741. The van der Waals surface area contributed by atoms with Crippen molar-refractivity contribution in [2.24, 2.45) is 5.92 Å². The van der Waals surface area contributed by atoms with Gasteiger partial charge in [-0.05, 0) is 44.7 Å². The Morgan fingerprint density at radius 2 is 2.05 bits per heavy atom. The van der Waals surface area contributed by atoms with Crippen LogP contribution in [-0.2, 0) is 4.79 Å². The van der Waals surface area contributed by atoms with Gasteiger partial charge in [-0.3, -0.25) is 4.79 Å². The molecule has 0 aliphatic carbocycles. The third-order valence-electron chi connectivity index (χ3n) is 3.65. The van der Waals surface area contributed by atoms with Gasteiger partial charge in [0, 0.05) is 18.0 Å². The Kier molecular flexibility index (Phi) is 4.92. The molecule has 0 radical (unpaired) electrons. The van der Waals surface area contributed by atoms with Crippen molar-refractivity contribution in [1.29, 1.82) is 0 Å². The average molecular weight is 277 g/mol. The number of rotatable bonds is 3. The molecule has 0 spiro atoms. The molecule has 19 heavy (non-hydrogen) atoms. The highest BCUT2D eigenvalue weighted by Gasteiger charge is 2.25. The fourth-order valence-electron chi connectivity index (χ4n) is 2.52. The Balaban J connectivity index is 1.93. The number of carbonyl (C=O) groups excluding carboxylic acids is 1. The summed E-state index contributed by atoms with van der Waals surface area (Å²) < 4.78 is 0. The van der Waals surface area contributed by atoms with Gasteiger partial charge in [-0.1, -0.05) is 24.6 Å². The lowest BCUT2D eigenvalue weighted by Gasteiger charge is -2.32. The van der Waals surface area contributed by atoms with Crippen molar-refractivity contribution in [3.8, 4) is 0 Å². The Morgan fingerprint density at radius 3 is 2.68 bits per heavy atom. The zero-order chi connectivity index (χ0) is 13.8. The molecule has 1 aromatic carbocycles. The van der Waals surface area contributed by atoms with E-state index in [1.54, 1.807) is 11.8 Å². The molecule has 3 heteroatoms. The van der Waals surface area contributed by atoms with Crippen LogP contribution in [0, 0.1) is 12.8 Å². The number of hydrogen-bond acceptors (Lipinski definition) is 2. The van der Waals surface area contributed by atoms with Gasteiger partial charge in [-0.25, -0.2) is 0 Å². The highest BCUT2D eigenvalue weighted by molar-refractivity contribution is 8.00. The standard InChI is InChI=1S/C16H23NOS/c1-12-6-8-15(9-7-12)19-14(3)16(18)17-10-4-5-13(2)11-17/h6-9,13-14H,4-5,10-11H2,1-3H3.